The number of rotatable bonds is 5. The lowest BCUT2D eigenvalue weighted by atomic mass is 10.1. The first-order valence-electron chi connectivity index (χ1n) is 8.67. The van der Waals surface area contributed by atoms with Gasteiger partial charge in [-0.15, -0.1) is 0 Å². The van der Waals surface area contributed by atoms with Gasteiger partial charge in [-0.25, -0.2) is 9.97 Å². The van der Waals surface area contributed by atoms with Crippen molar-refractivity contribution in [2.45, 2.75) is 13.0 Å². The maximum atomic E-state index is 12.6. The van der Waals surface area contributed by atoms with Gasteiger partial charge in [-0.2, -0.15) is 0 Å². The van der Waals surface area contributed by atoms with Gasteiger partial charge in [-0.3, -0.25) is 9.78 Å². The zero-order valence-electron chi connectivity index (χ0n) is 15.0. The number of aromatic nitrogens is 4. The van der Waals surface area contributed by atoms with Crippen molar-refractivity contribution in [2.75, 3.05) is 10.6 Å². The van der Waals surface area contributed by atoms with Crippen LogP contribution in [0.15, 0.2) is 61.2 Å². The van der Waals surface area contributed by atoms with Gasteiger partial charge in [0, 0.05) is 11.3 Å². The van der Waals surface area contributed by atoms with Crippen molar-refractivity contribution in [3.05, 3.63) is 77.5 Å². The predicted octanol–water partition coefficient (Wildman–Crippen LogP) is 4.43. The van der Waals surface area contributed by atoms with Gasteiger partial charge >= 0.3 is 0 Å². The number of fused-ring (bicyclic) bond motifs is 1. The van der Waals surface area contributed by atoms with E-state index in [1.807, 2.05) is 37.3 Å². The summed E-state index contributed by atoms with van der Waals surface area (Å²) in [6, 6.07) is 12.9. The van der Waals surface area contributed by atoms with E-state index in [2.05, 4.69) is 30.6 Å². The van der Waals surface area contributed by atoms with Crippen LogP contribution < -0.4 is 10.6 Å². The molecule has 0 radical (unpaired) electrons. The third kappa shape index (κ3) is 3.94. The number of carbonyl (C=O) groups is 1. The van der Waals surface area contributed by atoms with E-state index in [0.29, 0.717) is 22.2 Å². The predicted molar refractivity (Wildman–Crippen MR) is 110 cm³/mol. The minimum Gasteiger partial charge on any atom is -0.362 e. The minimum atomic E-state index is -0.185. The van der Waals surface area contributed by atoms with E-state index < -0.39 is 0 Å². The van der Waals surface area contributed by atoms with Crippen LogP contribution in [-0.2, 0) is 0 Å². The first-order chi connectivity index (χ1) is 13.6. The summed E-state index contributed by atoms with van der Waals surface area (Å²) in [5.41, 5.74) is 3.90. The number of amides is 1. The van der Waals surface area contributed by atoms with Crippen molar-refractivity contribution < 1.29 is 4.79 Å². The summed E-state index contributed by atoms with van der Waals surface area (Å²) in [4.78, 5) is 28.0. The van der Waals surface area contributed by atoms with E-state index >= 15 is 0 Å². The number of H-pyrrole nitrogens is 1. The lowest BCUT2D eigenvalue weighted by molar-refractivity contribution is 0.102. The average molecular weight is 393 g/mol. The van der Waals surface area contributed by atoms with Crippen LogP contribution in [-0.4, -0.2) is 25.8 Å². The molecule has 8 heteroatoms. The molecule has 140 valence electrons. The normalized spacial score (nSPS) is 11.9. The van der Waals surface area contributed by atoms with Crippen LogP contribution in [0, 0.1) is 0 Å². The maximum absolute atomic E-state index is 12.6. The number of hydrogen-bond donors (Lipinski definition) is 3. The van der Waals surface area contributed by atoms with Crippen molar-refractivity contribution in [3.63, 3.8) is 0 Å². The Labute approximate surface area is 166 Å². The Morgan fingerprint density at radius 1 is 1.18 bits per heavy atom. The molecule has 0 aliphatic carbocycles. The molecular formula is C20H17ClN6O. The number of imidazole rings is 1. The summed E-state index contributed by atoms with van der Waals surface area (Å²) in [6.45, 7) is 2.00. The van der Waals surface area contributed by atoms with Crippen molar-refractivity contribution >= 4 is 40.0 Å². The molecule has 7 nitrogen and oxygen atoms in total. The lowest BCUT2D eigenvalue weighted by Crippen LogP contribution is -2.13. The minimum absolute atomic E-state index is 0.0500. The van der Waals surface area contributed by atoms with Crippen molar-refractivity contribution in [3.8, 4) is 0 Å². The van der Waals surface area contributed by atoms with E-state index in [4.69, 9.17) is 11.6 Å². The van der Waals surface area contributed by atoms with Crippen LogP contribution in [0.2, 0.25) is 5.15 Å². The van der Waals surface area contributed by atoms with Gasteiger partial charge in [0.05, 0.1) is 35.8 Å². The second-order valence-corrected chi connectivity index (χ2v) is 6.69. The van der Waals surface area contributed by atoms with Crippen molar-refractivity contribution in [2.24, 2.45) is 0 Å². The maximum Gasteiger partial charge on any atom is 0.255 e. The second-order valence-electron chi connectivity index (χ2n) is 6.31. The first kappa shape index (κ1) is 17.9. The zero-order chi connectivity index (χ0) is 19.5. The van der Waals surface area contributed by atoms with Crippen LogP contribution >= 0.6 is 11.6 Å². The third-order valence-electron chi connectivity index (χ3n) is 4.30. The summed E-state index contributed by atoms with van der Waals surface area (Å²) in [7, 11) is 0. The fourth-order valence-corrected chi connectivity index (χ4v) is 3.03. The van der Waals surface area contributed by atoms with Gasteiger partial charge in [0.15, 0.2) is 0 Å². The van der Waals surface area contributed by atoms with E-state index in [1.54, 1.807) is 24.7 Å². The van der Waals surface area contributed by atoms with E-state index in [0.717, 1.165) is 16.6 Å². The molecule has 0 saturated heterocycles. The Bertz CT molecular complexity index is 1140. The first-order valence-corrected chi connectivity index (χ1v) is 9.05. The highest BCUT2D eigenvalue weighted by Gasteiger charge is 2.11. The molecule has 0 aliphatic rings. The van der Waals surface area contributed by atoms with E-state index in [-0.39, 0.29) is 11.9 Å². The SMILES string of the molecule is C[C@H](Nc1cncc(Cl)n1)c1cccc(NC(=O)c2ccc3nc[nH]c3c2)c1. The molecule has 2 heterocycles. The molecule has 4 rings (SSSR count). The summed E-state index contributed by atoms with van der Waals surface area (Å²) >= 11 is 5.88. The number of nitrogens with one attached hydrogen (secondary N) is 3. The van der Waals surface area contributed by atoms with E-state index in [1.165, 1.54) is 6.20 Å². The van der Waals surface area contributed by atoms with Gasteiger partial charge < -0.3 is 15.6 Å². The summed E-state index contributed by atoms with van der Waals surface area (Å²) < 4.78 is 0. The molecule has 0 unspecified atom stereocenters. The molecule has 2 aromatic carbocycles. The molecule has 0 bridgehead atoms. The van der Waals surface area contributed by atoms with Crippen LogP contribution in [0.5, 0.6) is 0 Å². The molecular weight excluding hydrogens is 376 g/mol. The highest BCUT2D eigenvalue weighted by molar-refractivity contribution is 6.29. The molecule has 0 saturated carbocycles. The molecule has 4 aromatic rings. The molecule has 28 heavy (non-hydrogen) atoms. The summed E-state index contributed by atoms with van der Waals surface area (Å²) in [6.07, 6.45) is 4.70. The molecule has 3 N–H and O–H groups in total. The molecule has 1 amide bonds. The van der Waals surface area contributed by atoms with Crippen LogP contribution in [0.1, 0.15) is 28.9 Å². The fraction of sp³-hybridized carbons (Fsp3) is 0.100. The number of nitrogens with zero attached hydrogens (tertiary/aromatic N) is 3. The zero-order valence-corrected chi connectivity index (χ0v) is 15.7. The van der Waals surface area contributed by atoms with E-state index in [9.17, 15) is 4.79 Å². The van der Waals surface area contributed by atoms with Gasteiger partial charge in [0.25, 0.3) is 5.91 Å². The van der Waals surface area contributed by atoms with Gasteiger partial charge in [-0.1, -0.05) is 23.7 Å². The topological polar surface area (TPSA) is 95.6 Å². The van der Waals surface area contributed by atoms with Crippen molar-refractivity contribution in [1.82, 2.24) is 19.9 Å². The molecule has 0 fully saturated rings. The quantitative estimate of drug-likeness (QED) is 0.467. The molecule has 0 spiro atoms. The molecule has 2 aromatic heterocycles. The number of benzene rings is 2. The second kappa shape index (κ2) is 7.66. The summed E-state index contributed by atoms with van der Waals surface area (Å²) in [5, 5.41) is 6.51. The Hall–Kier alpha value is -3.45. The number of anilines is 2. The Morgan fingerprint density at radius 3 is 2.93 bits per heavy atom. The third-order valence-corrected chi connectivity index (χ3v) is 4.48. The number of hydrogen-bond acceptors (Lipinski definition) is 5. The Kier molecular flexibility index (Phi) is 4.90. The number of carbonyl (C=O) groups excluding carboxylic acids is 1. The van der Waals surface area contributed by atoms with Crippen LogP contribution in [0.3, 0.4) is 0 Å². The monoisotopic (exact) mass is 392 g/mol. The standard InChI is InChI=1S/C20H17ClN6O/c1-12(25-19-10-22-9-18(21)27-19)13-3-2-4-15(7-13)26-20(28)14-5-6-16-17(8-14)24-11-23-16/h2-12H,1H3,(H,23,24)(H,25,27)(H,26,28)/t12-/m0/s1. The van der Waals surface area contributed by atoms with Crippen LogP contribution in [0.25, 0.3) is 11.0 Å². The highest BCUT2D eigenvalue weighted by atomic mass is 35.5. The highest BCUT2D eigenvalue weighted by Crippen LogP contribution is 2.22. The smallest absolute Gasteiger partial charge is 0.255 e. The fourth-order valence-electron chi connectivity index (χ4n) is 2.88. The van der Waals surface area contributed by atoms with Gasteiger partial charge in [0.2, 0.25) is 0 Å². The lowest BCUT2D eigenvalue weighted by Gasteiger charge is -2.16. The van der Waals surface area contributed by atoms with Crippen LogP contribution in [0.4, 0.5) is 11.5 Å². The summed E-state index contributed by atoms with van der Waals surface area (Å²) in [5.74, 6) is 0.400. The van der Waals surface area contributed by atoms with Gasteiger partial charge in [-0.05, 0) is 42.8 Å². The Morgan fingerprint density at radius 2 is 2.07 bits per heavy atom. The molecule has 0 aliphatic heterocycles. The molecule has 1 atom stereocenters. The largest absolute Gasteiger partial charge is 0.362 e. The number of halogens is 1. The number of aromatic amines is 1. The van der Waals surface area contributed by atoms with Crippen molar-refractivity contribution in [1.29, 1.82) is 0 Å². The Balaban J connectivity index is 1.49. The average Bonchev–Trinajstić information content (AvgIpc) is 3.16. The van der Waals surface area contributed by atoms with Gasteiger partial charge in [0.1, 0.15) is 11.0 Å².